The fourth-order valence-electron chi connectivity index (χ4n) is 7.19. The lowest BCUT2D eigenvalue weighted by atomic mass is 9.67. The van der Waals surface area contributed by atoms with Crippen LogP contribution in [0.25, 0.3) is 33.6 Å². The molecule has 3 N–H and O–H groups in total. The fourth-order valence-corrected chi connectivity index (χ4v) is 10.1. The summed E-state index contributed by atoms with van der Waals surface area (Å²) in [6.07, 6.45) is 6.39. The van der Waals surface area contributed by atoms with Crippen molar-refractivity contribution >= 4 is 38.9 Å². The van der Waals surface area contributed by atoms with E-state index in [1.807, 2.05) is 36.4 Å². The molecule has 2 aromatic heterocycles. The Balaban J connectivity index is 1.07. The molecule has 3 aliphatic rings. The van der Waals surface area contributed by atoms with Crippen LogP contribution in [0.15, 0.2) is 48.8 Å². The maximum Gasteiger partial charge on any atom is 0.237 e. The summed E-state index contributed by atoms with van der Waals surface area (Å²) in [5.74, 6) is 1.43. The molecule has 4 heterocycles. The third kappa shape index (κ3) is 7.02. The van der Waals surface area contributed by atoms with E-state index in [1.165, 1.54) is 0 Å². The van der Waals surface area contributed by atoms with Gasteiger partial charge in [0.05, 0.1) is 59.6 Å². The molecule has 1 saturated carbocycles. The standard InChI is InChI=1S/C35H37Cl2N7O5S/c1-48-33-28(14-38-13-20-9-10-30(45)42-20)40-15-26(43-33)24-7-3-5-22(31(24)36)23-6-4-8-25(32(23)37)27-16-41-29(34(44-27)49-2)17-39-21-11-35(12-21)18-50(46,47)19-35/h3-8,15-16,20-21,38-39H,9-14,17-19H2,1-2H3,(H,42,45)/t20-/m0/s1. The molecule has 1 atom stereocenters. The first kappa shape index (κ1) is 34.6. The molecular formula is C35H37Cl2N7O5S. The van der Waals surface area contributed by atoms with E-state index in [4.69, 9.17) is 42.6 Å². The Bertz CT molecular complexity index is 2050. The number of hydrogen-bond acceptors (Lipinski definition) is 11. The number of sulfone groups is 1. The highest BCUT2D eigenvalue weighted by Crippen LogP contribution is 2.50. The second-order valence-corrected chi connectivity index (χ2v) is 16.0. The van der Waals surface area contributed by atoms with Crippen molar-refractivity contribution in [2.24, 2.45) is 5.41 Å². The molecule has 50 heavy (non-hydrogen) atoms. The highest BCUT2D eigenvalue weighted by atomic mass is 35.5. The van der Waals surface area contributed by atoms with E-state index in [2.05, 4.69) is 25.9 Å². The molecule has 2 saturated heterocycles. The molecule has 15 heteroatoms. The van der Waals surface area contributed by atoms with Gasteiger partial charge < -0.3 is 25.4 Å². The monoisotopic (exact) mass is 737 g/mol. The Kier molecular flexibility index (Phi) is 9.70. The molecule has 0 unspecified atom stereocenters. The van der Waals surface area contributed by atoms with Crippen LogP contribution in [-0.2, 0) is 27.7 Å². The molecular weight excluding hydrogens is 701 g/mol. The quantitative estimate of drug-likeness (QED) is 0.186. The summed E-state index contributed by atoms with van der Waals surface area (Å²) in [5, 5.41) is 10.6. The lowest BCUT2D eigenvalue weighted by Gasteiger charge is -2.53. The van der Waals surface area contributed by atoms with E-state index < -0.39 is 9.84 Å². The van der Waals surface area contributed by atoms with E-state index in [1.54, 1.807) is 26.6 Å². The molecule has 4 aromatic rings. The normalized spacial score (nSPS) is 19.1. The Morgan fingerprint density at radius 1 is 0.860 bits per heavy atom. The van der Waals surface area contributed by atoms with Crippen LogP contribution in [-0.4, -0.2) is 78.6 Å². The lowest BCUT2D eigenvalue weighted by Crippen LogP contribution is -2.61. The third-order valence-electron chi connectivity index (χ3n) is 9.59. The van der Waals surface area contributed by atoms with Gasteiger partial charge in [-0.05, 0) is 19.3 Å². The highest BCUT2D eigenvalue weighted by Gasteiger charge is 2.56. The van der Waals surface area contributed by atoms with E-state index in [-0.39, 0.29) is 23.4 Å². The average Bonchev–Trinajstić information content (AvgIpc) is 3.50. The number of benzene rings is 2. The van der Waals surface area contributed by atoms with Crippen LogP contribution in [0.3, 0.4) is 0 Å². The van der Waals surface area contributed by atoms with Gasteiger partial charge >= 0.3 is 0 Å². The predicted octanol–water partition coefficient (Wildman–Crippen LogP) is 4.63. The first-order valence-electron chi connectivity index (χ1n) is 16.4. The molecule has 262 valence electrons. The molecule has 0 bridgehead atoms. The van der Waals surface area contributed by atoms with Crippen molar-refractivity contribution in [3.05, 3.63) is 70.2 Å². The van der Waals surface area contributed by atoms with Crippen LogP contribution in [0.4, 0.5) is 0 Å². The topological polar surface area (TPSA) is 157 Å². The smallest absolute Gasteiger partial charge is 0.237 e. The van der Waals surface area contributed by atoms with Gasteiger partial charge in [-0.3, -0.25) is 14.8 Å². The molecule has 2 aliphatic heterocycles. The van der Waals surface area contributed by atoms with Gasteiger partial charge in [-0.15, -0.1) is 0 Å². The second-order valence-electron chi connectivity index (χ2n) is 13.2. The maximum atomic E-state index is 11.6. The van der Waals surface area contributed by atoms with Crippen molar-refractivity contribution in [1.29, 1.82) is 0 Å². The van der Waals surface area contributed by atoms with Gasteiger partial charge in [0.2, 0.25) is 17.7 Å². The Morgan fingerprint density at radius 3 is 1.90 bits per heavy atom. The summed E-state index contributed by atoms with van der Waals surface area (Å²) in [6, 6.07) is 11.6. The zero-order valence-electron chi connectivity index (χ0n) is 27.6. The fraction of sp³-hybridized carbons (Fsp3) is 0.400. The van der Waals surface area contributed by atoms with Crippen LogP contribution < -0.4 is 25.4 Å². The number of ether oxygens (including phenoxy) is 2. The number of methoxy groups -OCH3 is 2. The minimum Gasteiger partial charge on any atom is -0.480 e. The zero-order valence-corrected chi connectivity index (χ0v) is 30.0. The van der Waals surface area contributed by atoms with E-state index in [0.717, 1.165) is 19.3 Å². The number of hydrogen-bond donors (Lipinski definition) is 3. The summed E-state index contributed by atoms with van der Waals surface area (Å²) >= 11 is 14.1. The number of nitrogens with one attached hydrogen (secondary N) is 3. The predicted molar refractivity (Wildman–Crippen MR) is 191 cm³/mol. The molecule has 12 nitrogen and oxygen atoms in total. The number of halogens is 2. The lowest BCUT2D eigenvalue weighted by molar-refractivity contribution is -0.119. The number of amides is 1. The largest absolute Gasteiger partial charge is 0.480 e. The van der Waals surface area contributed by atoms with Crippen LogP contribution in [0.5, 0.6) is 11.8 Å². The SMILES string of the molecule is COc1nc(-c2cccc(-c3cccc(-c4cnc(CNC5CC6(C5)CS(=O)(=O)C6)c(OC)n4)c3Cl)c2Cl)cnc1CNC[C@@H]1CCC(=O)N1. The van der Waals surface area contributed by atoms with Gasteiger partial charge in [0, 0.05) is 65.8 Å². The second kappa shape index (κ2) is 14.0. The number of aromatic nitrogens is 4. The Hall–Kier alpha value is -3.88. The minimum atomic E-state index is -2.84. The average molecular weight is 739 g/mol. The van der Waals surface area contributed by atoms with Crippen LogP contribution in [0.1, 0.15) is 37.1 Å². The molecule has 3 fully saturated rings. The number of carbonyl (C=O) groups excluding carboxylic acids is 1. The van der Waals surface area contributed by atoms with Crippen molar-refractivity contribution in [1.82, 2.24) is 35.9 Å². The first-order valence-corrected chi connectivity index (χ1v) is 19.0. The van der Waals surface area contributed by atoms with E-state index in [0.29, 0.717) is 104 Å². The first-order chi connectivity index (χ1) is 24.1. The van der Waals surface area contributed by atoms with Gasteiger partial charge in [-0.1, -0.05) is 59.6 Å². The molecule has 1 aliphatic carbocycles. The number of carbonyl (C=O) groups is 1. The third-order valence-corrected chi connectivity index (χ3v) is 12.5. The van der Waals surface area contributed by atoms with Gasteiger partial charge in [0.15, 0.2) is 9.84 Å². The van der Waals surface area contributed by atoms with Gasteiger partial charge in [0.25, 0.3) is 0 Å². The zero-order chi connectivity index (χ0) is 35.0. The molecule has 2 aromatic carbocycles. The van der Waals surface area contributed by atoms with Crippen molar-refractivity contribution in [3.63, 3.8) is 0 Å². The summed E-state index contributed by atoms with van der Waals surface area (Å²) in [7, 11) is 0.258. The molecule has 0 radical (unpaired) electrons. The number of nitrogens with zero attached hydrogens (tertiary/aromatic N) is 4. The molecule has 7 rings (SSSR count). The number of rotatable bonds is 12. The summed E-state index contributed by atoms with van der Waals surface area (Å²) in [6.45, 7) is 1.51. The van der Waals surface area contributed by atoms with Crippen molar-refractivity contribution in [2.75, 3.05) is 32.3 Å². The van der Waals surface area contributed by atoms with Crippen molar-refractivity contribution in [3.8, 4) is 45.4 Å². The summed E-state index contributed by atoms with van der Waals surface area (Å²) < 4.78 is 34.5. The van der Waals surface area contributed by atoms with Crippen LogP contribution in [0, 0.1) is 5.41 Å². The van der Waals surface area contributed by atoms with E-state index in [9.17, 15) is 13.2 Å². The van der Waals surface area contributed by atoms with Gasteiger partial charge in [0.1, 0.15) is 11.4 Å². The van der Waals surface area contributed by atoms with E-state index >= 15 is 0 Å². The minimum absolute atomic E-state index is 0.0415. The summed E-state index contributed by atoms with van der Waals surface area (Å²) in [5.41, 5.74) is 5.09. The Labute approximate surface area is 300 Å². The maximum absolute atomic E-state index is 11.6. The van der Waals surface area contributed by atoms with Crippen LogP contribution >= 0.6 is 23.2 Å². The molecule has 1 amide bonds. The molecule has 1 spiro atoms. The van der Waals surface area contributed by atoms with Crippen molar-refractivity contribution < 1.29 is 22.7 Å². The highest BCUT2D eigenvalue weighted by molar-refractivity contribution is 7.92. The summed E-state index contributed by atoms with van der Waals surface area (Å²) in [4.78, 5) is 30.2. The Morgan fingerprint density at radius 2 is 1.40 bits per heavy atom. The van der Waals surface area contributed by atoms with Gasteiger partial charge in [-0.2, -0.15) is 0 Å². The van der Waals surface area contributed by atoms with Crippen molar-refractivity contribution in [2.45, 2.75) is 50.9 Å². The van der Waals surface area contributed by atoms with Gasteiger partial charge in [-0.25, -0.2) is 18.4 Å². The van der Waals surface area contributed by atoms with Crippen LogP contribution in [0.2, 0.25) is 10.0 Å².